The van der Waals surface area contributed by atoms with Crippen LogP contribution in [0.1, 0.15) is 5.56 Å². The first kappa shape index (κ1) is 20.4. The van der Waals surface area contributed by atoms with E-state index >= 15 is 0 Å². The first-order chi connectivity index (χ1) is 13.5. The van der Waals surface area contributed by atoms with E-state index in [4.69, 9.17) is 43.3 Å². The van der Waals surface area contributed by atoms with E-state index in [9.17, 15) is 0 Å². The van der Waals surface area contributed by atoms with E-state index in [1.807, 2.05) is 0 Å². The molecule has 10 heteroatoms. The first-order valence-corrected chi connectivity index (χ1v) is 9.80. The van der Waals surface area contributed by atoms with Gasteiger partial charge < -0.3 is 20.1 Å². The van der Waals surface area contributed by atoms with Gasteiger partial charge >= 0.3 is 0 Å². The number of rotatable bonds is 7. The van der Waals surface area contributed by atoms with Gasteiger partial charge in [-0.05, 0) is 29.8 Å². The van der Waals surface area contributed by atoms with Crippen LogP contribution in [0.15, 0.2) is 35.5 Å². The molecule has 0 saturated carbocycles. The molecule has 3 rings (SSSR count). The van der Waals surface area contributed by atoms with Gasteiger partial charge in [-0.3, -0.25) is 0 Å². The van der Waals surface area contributed by atoms with E-state index < -0.39 is 0 Å². The smallest absolute Gasteiger partial charge is 0.210 e. The lowest BCUT2D eigenvalue weighted by molar-refractivity contribution is 0.324. The molecule has 0 amide bonds. The maximum absolute atomic E-state index is 6.22. The zero-order chi connectivity index (χ0) is 20.3. The predicted octanol–water partition coefficient (Wildman–Crippen LogP) is 4.28. The highest BCUT2D eigenvalue weighted by atomic mass is 35.5. The number of ether oxygens (including phenoxy) is 3. The molecule has 0 aliphatic heterocycles. The summed E-state index contributed by atoms with van der Waals surface area (Å²) in [7, 11) is 4.63. The molecule has 3 aromatic rings. The Bertz CT molecular complexity index is 952. The second-order valence-electron chi connectivity index (χ2n) is 5.58. The monoisotopic (exact) mass is 440 g/mol. The third-order valence-corrected chi connectivity index (χ3v) is 5.67. The van der Waals surface area contributed by atoms with Gasteiger partial charge in [0.1, 0.15) is 0 Å². The molecule has 1 aromatic heterocycles. The van der Waals surface area contributed by atoms with Crippen LogP contribution in [0.2, 0.25) is 10.0 Å². The van der Waals surface area contributed by atoms with E-state index in [0.29, 0.717) is 49.6 Å². The van der Waals surface area contributed by atoms with Gasteiger partial charge in [-0.2, -0.15) is 0 Å². The average Bonchev–Trinajstić information content (AvgIpc) is 3.06. The Morgan fingerprint density at radius 3 is 2.14 bits per heavy atom. The molecule has 0 aliphatic carbocycles. The summed E-state index contributed by atoms with van der Waals surface area (Å²) in [6.45, 7) is 0. The summed E-state index contributed by atoms with van der Waals surface area (Å²) in [6.07, 6.45) is 0. The molecular formula is C18H18Cl2N4O3S. The van der Waals surface area contributed by atoms with Crippen LogP contribution in [-0.4, -0.2) is 36.2 Å². The van der Waals surface area contributed by atoms with Gasteiger partial charge in [-0.15, -0.1) is 10.2 Å². The molecular weight excluding hydrogens is 423 g/mol. The molecule has 0 spiro atoms. The molecule has 2 aromatic carbocycles. The average molecular weight is 441 g/mol. The number of nitrogens with two attached hydrogens (primary N) is 1. The van der Waals surface area contributed by atoms with Gasteiger partial charge in [0.2, 0.25) is 10.9 Å². The van der Waals surface area contributed by atoms with Gasteiger partial charge in [0.25, 0.3) is 0 Å². The van der Waals surface area contributed by atoms with Gasteiger partial charge in [-0.25, -0.2) is 4.68 Å². The largest absolute Gasteiger partial charge is 0.493 e. The summed E-state index contributed by atoms with van der Waals surface area (Å²) in [5.74, 6) is 8.66. The number of benzene rings is 2. The first-order valence-electron chi connectivity index (χ1n) is 8.06. The topological polar surface area (TPSA) is 84.4 Å². The standard InChI is InChI=1S/C18H18Cl2N4O3S/c1-25-14-7-10(8-15(26-2)16(14)27-3)17-22-23-18(24(17)21)28-9-11-12(19)5-4-6-13(11)20/h4-8H,9,21H2,1-3H3. The van der Waals surface area contributed by atoms with E-state index in [-0.39, 0.29) is 0 Å². The molecule has 0 saturated heterocycles. The third kappa shape index (κ3) is 3.94. The molecule has 0 bridgehead atoms. The minimum atomic E-state index is 0.451. The molecule has 28 heavy (non-hydrogen) atoms. The van der Waals surface area contributed by atoms with E-state index in [1.54, 1.807) is 51.7 Å². The van der Waals surface area contributed by atoms with Crippen LogP contribution in [0, 0.1) is 0 Å². The van der Waals surface area contributed by atoms with Gasteiger partial charge in [0, 0.05) is 21.4 Å². The number of hydrogen-bond donors (Lipinski definition) is 1. The van der Waals surface area contributed by atoms with Gasteiger partial charge in [0.05, 0.1) is 21.3 Å². The van der Waals surface area contributed by atoms with Crippen molar-refractivity contribution in [1.29, 1.82) is 0 Å². The van der Waals surface area contributed by atoms with Crippen LogP contribution in [0.5, 0.6) is 17.2 Å². The lowest BCUT2D eigenvalue weighted by Crippen LogP contribution is -2.11. The van der Waals surface area contributed by atoms with Crippen molar-refractivity contribution in [2.75, 3.05) is 27.2 Å². The molecule has 0 aliphatic rings. The Balaban J connectivity index is 1.91. The minimum absolute atomic E-state index is 0.451. The van der Waals surface area contributed by atoms with E-state index in [0.717, 1.165) is 5.56 Å². The molecule has 0 atom stereocenters. The number of methoxy groups -OCH3 is 3. The normalized spacial score (nSPS) is 10.8. The maximum Gasteiger partial charge on any atom is 0.210 e. The van der Waals surface area contributed by atoms with Crippen LogP contribution in [0.3, 0.4) is 0 Å². The van der Waals surface area contributed by atoms with Gasteiger partial charge in [0.15, 0.2) is 17.3 Å². The molecule has 2 N–H and O–H groups in total. The highest BCUT2D eigenvalue weighted by Crippen LogP contribution is 2.41. The van der Waals surface area contributed by atoms with Crippen molar-refractivity contribution in [3.8, 4) is 28.6 Å². The fourth-order valence-electron chi connectivity index (χ4n) is 2.59. The second kappa shape index (κ2) is 8.81. The van der Waals surface area contributed by atoms with Gasteiger partial charge in [-0.1, -0.05) is 41.0 Å². The Labute approximate surface area is 176 Å². The van der Waals surface area contributed by atoms with E-state index in [1.165, 1.54) is 16.4 Å². The highest BCUT2D eigenvalue weighted by Gasteiger charge is 2.19. The molecule has 148 valence electrons. The van der Waals surface area contributed by atoms with Crippen molar-refractivity contribution in [1.82, 2.24) is 14.9 Å². The number of aromatic nitrogens is 3. The Kier molecular flexibility index (Phi) is 6.43. The van der Waals surface area contributed by atoms with E-state index in [2.05, 4.69) is 10.2 Å². The van der Waals surface area contributed by atoms with Crippen LogP contribution in [0.25, 0.3) is 11.4 Å². The van der Waals surface area contributed by atoms with Crippen LogP contribution >= 0.6 is 35.0 Å². The number of hydrogen-bond acceptors (Lipinski definition) is 7. The molecule has 0 radical (unpaired) electrons. The van der Waals surface area contributed by atoms with Crippen molar-refractivity contribution < 1.29 is 14.2 Å². The lowest BCUT2D eigenvalue weighted by Gasteiger charge is -2.13. The summed E-state index contributed by atoms with van der Waals surface area (Å²) in [5, 5.41) is 10.1. The van der Waals surface area contributed by atoms with Crippen molar-refractivity contribution in [2.24, 2.45) is 0 Å². The van der Waals surface area contributed by atoms with Crippen molar-refractivity contribution in [2.45, 2.75) is 10.9 Å². The zero-order valence-electron chi connectivity index (χ0n) is 15.4. The Morgan fingerprint density at radius 1 is 1.00 bits per heavy atom. The zero-order valence-corrected chi connectivity index (χ0v) is 17.7. The third-order valence-electron chi connectivity index (χ3n) is 3.99. The summed E-state index contributed by atoms with van der Waals surface area (Å²) in [4.78, 5) is 0. The second-order valence-corrected chi connectivity index (χ2v) is 7.34. The molecule has 7 nitrogen and oxygen atoms in total. The lowest BCUT2D eigenvalue weighted by atomic mass is 10.1. The van der Waals surface area contributed by atoms with Crippen molar-refractivity contribution in [3.63, 3.8) is 0 Å². The quantitative estimate of drug-likeness (QED) is 0.433. The molecule has 0 unspecified atom stereocenters. The minimum Gasteiger partial charge on any atom is -0.493 e. The van der Waals surface area contributed by atoms with Crippen LogP contribution in [0.4, 0.5) is 0 Å². The fraction of sp³-hybridized carbons (Fsp3) is 0.222. The summed E-state index contributed by atoms with van der Waals surface area (Å²) in [6, 6.07) is 8.89. The Morgan fingerprint density at radius 2 is 1.61 bits per heavy atom. The Hall–Kier alpha value is -2.29. The molecule has 0 fully saturated rings. The SMILES string of the molecule is COc1cc(-c2nnc(SCc3c(Cl)cccc3Cl)n2N)cc(OC)c1OC. The summed E-state index contributed by atoms with van der Waals surface area (Å²) in [5.41, 5.74) is 1.49. The number of nitrogens with zero attached hydrogens (tertiary/aromatic N) is 3. The van der Waals surface area contributed by atoms with Crippen molar-refractivity contribution >= 4 is 35.0 Å². The summed E-state index contributed by atoms with van der Waals surface area (Å²) >= 11 is 13.8. The number of thioether (sulfide) groups is 1. The fourth-order valence-corrected chi connectivity index (χ4v) is 4.19. The maximum atomic E-state index is 6.22. The van der Waals surface area contributed by atoms with Crippen LogP contribution in [-0.2, 0) is 5.75 Å². The summed E-state index contributed by atoms with van der Waals surface area (Å²) < 4.78 is 17.5. The number of nitrogen functional groups attached to an aromatic ring is 1. The highest BCUT2D eigenvalue weighted by molar-refractivity contribution is 7.98. The predicted molar refractivity (Wildman–Crippen MR) is 111 cm³/mol. The van der Waals surface area contributed by atoms with Crippen molar-refractivity contribution in [3.05, 3.63) is 45.9 Å². The molecule has 1 heterocycles. The van der Waals surface area contributed by atoms with Crippen LogP contribution < -0.4 is 20.1 Å². The number of halogens is 2.